The summed E-state index contributed by atoms with van der Waals surface area (Å²) in [5.41, 5.74) is 0.643. The number of nitro benzene ring substituents is 1. The highest BCUT2D eigenvalue weighted by Gasteiger charge is 2.29. The number of hydrogen-bond donors (Lipinski definition) is 1. The van der Waals surface area contributed by atoms with Crippen LogP contribution in [0, 0.1) is 16.0 Å². The van der Waals surface area contributed by atoms with E-state index in [4.69, 9.17) is 0 Å². The van der Waals surface area contributed by atoms with Crippen LogP contribution in [0.15, 0.2) is 24.3 Å². The maximum absolute atomic E-state index is 12.0. The number of carbonyl (C=O) groups is 1. The summed E-state index contributed by atoms with van der Waals surface area (Å²) in [6, 6.07) is 6.14. The molecule has 0 saturated heterocycles. The molecule has 1 aromatic carbocycles. The van der Waals surface area contributed by atoms with E-state index in [0.717, 1.165) is 12.8 Å². The Labute approximate surface area is 117 Å². The highest BCUT2D eigenvalue weighted by atomic mass is 16.6. The normalized spacial score (nSPS) is 21.1. The van der Waals surface area contributed by atoms with Crippen molar-refractivity contribution in [3.63, 3.8) is 0 Å². The number of likely N-dealkylation sites (N-methyl/N-ethyl adjacent to an activating group) is 1. The maximum Gasteiger partial charge on any atom is 0.269 e. The zero-order chi connectivity index (χ0) is 14.7. The number of hydrogen-bond acceptors (Lipinski definition) is 4. The monoisotopic (exact) mass is 278 g/mol. The summed E-state index contributed by atoms with van der Waals surface area (Å²) >= 11 is 0. The topological polar surface area (TPSA) is 83.7 Å². The molecule has 1 N–H and O–H groups in total. The largest absolute Gasteiger partial charge is 0.393 e. The van der Waals surface area contributed by atoms with E-state index in [1.165, 1.54) is 12.1 Å². The van der Waals surface area contributed by atoms with Gasteiger partial charge in [0.15, 0.2) is 0 Å². The number of amides is 1. The third-order valence-electron chi connectivity index (χ3n) is 3.65. The van der Waals surface area contributed by atoms with Crippen molar-refractivity contribution in [3.8, 4) is 0 Å². The van der Waals surface area contributed by atoms with Crippen molar-refractivity contribution in [3.05, 3.63) is 39.9 Å². The number of nitro groups is 1. The molecule has 1 amide bonds. The maximum atomic E-state index is 12.0. The molecule has 20 heavy (non-hydrogen) atoms. The predicted octanol–water partition coefficient (Wildman–Crippen LogP) is 1.37. The molecule has 1 aliphatic rings. The molecule has 0 aliphatic heterocycles. The van der Waals surface area contributed by atoms with Gasteiger partial charge >= 0.3 is 0 Å². The summed E-state index contributed by atoms with van der Waals surface area (Å²) in [6.07, 6.45) is 1.43. The molecule has 6 heteroatoms. The molecule has 0 spiro atoms. The second kappa shape index (κ2) is 6.00. The standard InChI is InChI=1S/C14H18N2O4/c1-15(9-11-6-13(17)7-11)14(18)8-10-3-2-4-12(5-10)16(19)20/h2-5,11,13,17H,6-9H2,1H3. The number of aliphatic hydroxyl groups excluding tert-OH is 1. The lowest BCUT2D eigenvalue weighted by Gasteiger charge is -2.34. The van der Waals surface area contributed by atoms with Crippen LogP contribution in [-0.2, 0) is 11.2 Å². The first-order valence-electron chi connectivity index (χ1n) is 6.61. The van der Waals surface area contributed by atoms with E-state index in [2.05, 4.69) is 0 Å². The van der Waals surface area contributed by atoms with Crippen molar-refractivity contribution in [1.82, 2.24) is 4.90 Å². The molecule has 1 fully saturated rings. The number of carbonyl (C=O) groups excluding carboxylic acids is 1. The first-order chi connectivity index (χ1) is 9.45. The van der Waals surface area contributed by atoms with E-state index in [0.29, 0.717) is 18.0 Å². The first kappa shape index (κ1) is 14.5. The van der Waals surface area contributed by atoms with Crippen LogP contribution in [-0.4, -0.2) is 40.5 Å². The van der Waals surface area contributed by atoms with Gasteiger partial charge in [-0.25, -0.2) is 0 Å². The fraction of sp³-hybridized carbons (Fsp3) is 0.500. The smallest absolute Gasteiger partial charge is 0.269 e. The average Bonchev–Trinajstić information content (AvgIpc) is 2.37. The zero-order valence-corrected chi connectivity index (χ0v) is 11.4. The Hall–Kier alpha value is -1.95. The molecule has 6 nitrogen and oxygen atoms in total. The van der Waals surface area contributed by atoms with Gasteiger partial charge in [-0.15, -0.1) is 0 Å². The van der Waals surface area contributed by atoms with Gasteiger partial charge in [0.1, 0.15) is 0 Å². The minimum Gasteiger partial charge on any atom is -0.393 e. The predicted molar refractivity (Wildman–Crippen MR) is 73.2 cm³/mol. The van der Waals surface area contributed by atoms with Crippen molar-refractivity contribution in [2.75, 3.05) is 13.6 Å². The summed E-state index contributed by atoms with van der Waals surface area (Å²) in [6.45, 7) is 0.630. The zero-order valence-electron chi connectivity index (χ0n) is 11.4. The minimum atomic E-state index is -0.465. The molecular weight excluding hydrogens is 260 g/mol. The summed E-state index contributed by atoms with van der Waals surface area (Å²) in [5, 5.41) is 19.9. The van der Waals surface area contributed by atoms with Crippen LogP contribution in [0.1, 0.15) is 18.4 Å². The highest BCUT2D eigenvalue weighted by molar-refractivity contribution is 5.78. The van der Waals surface area contributed by atoms with Gasteiger partial charge in [0.05, 0.1) is 17.4 Å². The second-order valence-corrected chi connectivity index (χ2v) is 5.37. The highest BCUT2D eigenvalue weighted by Crippen LogP contribution is 2.27. The van der Waals surface area contributed by atoms with E-state index in [1.54, 1.807) is 24.1 Å². The average molecular weight is 278 g/mol. The molecular formula is C14H18N2O4. The molecule has 108 valence electrons. The Morgan fingerprint density at radius 1 is 1.50 bits per heavy atom. The van der Waals surface area contributed by atoms with Crippen LogP contribution in [0.3, 0.4) is 0 Å². The second-order valence-electron chi connectivity index (χ2n) is 5.37. The minimum absolute atomic E-state index is 0.0000632. The third-order valence-corrected chi connectivity index (χ3v) is 3.65. The van der Waals surface area contributed by atoms with Gasteiger partial charge in [-0.1, -0.05) is 12.1 Å². The van der Waals surface area contributed by atoms with E-state index in [9.17, 15) is 20.0 Å². The van der Waals surface area contributed by atoms with Crippen molar-refractivity contribution in [1.29, 1.82) is 0 Å². The fourth-order valence-corrected chi connectivity index (χ4v) is 2.43. The van der Waals surface area contributed by atoms with Crippen LogP contribution in [0.25, 0.3) is 0 Å². The summed E-state index contributed by atoms with van der Waals surface area (Å²) in [7, 11) is 1.73. The van der Waals surface area contributed by atoms with Gasteiger partial charge in [0.25, 0.3) is 5.69 Å². The number of aliphatic hydroxyl groups is 1. The van der Waals surface area contributed by atoms with Crippen LogP contribution < -0.4 is 0 Å². The van der Waals surface area contributed by atoms with Gasteiger partial charge in [-0.3, -0.25) is 14.9 Å². The molecule has 0 radical (unpaired) electrons. The Morgan fingerprint density at radius 3 is 2.80 bits per heavy atom. The lowest BCUT2D eigenvalue weighted by atomic mass is 9.82. The SMILES string of the molecule is CN(CC1CC(O)C1)C(=O)Cc1cccc([N+](=O)[O-])c1. The van der Waals surface area contributed by atoms with Gasteiger partial charge < -0.3 is 10.0 Å². The number of benzene rings is 1. The summed E-state index contributed by atoms with van der Waals surface area (Å²) < 4.78 is 0. The number of non-ortho nitro benzene ring substituents is 1. The summed E-state index contributed by atoms with van der Waals surface area (Å²) in [5.74, 6) is 0.302. The summed E-state index contributed by atoms with van der Waals surface area (Å²) in [4.78, 5) is 23.9. The molecule has 0 aromatic heterocycles. The molecule has 0 unspecified atom stereocenters. The molecule has 1 aliphatic carbocycles. The van der Waals surface area contributed by atoms with E-state index >= 15 is 0 Å². The first-order valence-corrected chi connectivity index (χ1v) is 6.61. The molecule has 0 bridgehead atoms. The van der Waals surface area contributed by atoms with E-state index in [-0.39, 0.29) is 24.1 Å². The Kier molecular flexibility index (Phi) is 4.34. The van der Waals surface area contributed by atoms with Gasteiger partial charge in [0, 0.05) is 25.7 Å². The lowest BCUT2D eigenvalue weighted by Crippen LogP contribution is -2.40. The molecule has 0 heterocycles. The van der Waals surface area contributed by atoms with Crippen molar-refractivity contribution < 1.29 is 14.8 Å². The quantitative estimate of drug-likeness (QED) is 0.651. The lowest BCUT2D eigenvalue weighted by molar-refractivity contribution is -0.384. The van der Waals surface area contributed by atoms with Gasteiger partial charge in [-0.2, -0.15) is 0 Å². The Bertz CT molecular complexity index is 512. The van der Waals surface area contributed by atoms with Crippen LogP contribution >= 0.6 is 0 Å². The van der Waals surface area contributed by atoms with Gasteiger partial charge in [-0.05, 0) is 24.3 Å². The van der Waals surface area contributed by atoms with E-state index in [1.807, 2.05) is 0 Å². The van der Waals surface area contributed by atoms with Crippen LogP contribution in [0.2, 0.25) is 0 Å². The number of nitrogens with zero attached hydrogens (tertiary/aromatic N) is 2. The van der Waals surface area contributed by atoms with Crippen molar-refractivity contribution >= 4 is 11.6 Å². The third kappa shape index (κ3) is 3.54. The Balaban J connectivity index is 1.90. The number of rotatable bonds is 5. The molecule has 1 aromatic rings. The Morgan fingerprint density at radius 2 is 2.20 bits per heavy atom. The van der Waals surface area contributed by atoms with E-state index < -0.39 is 4.92 Å². The molecule has 0 atom stereocenters. The fourth-order valence-electron chi connectivity index (χ4n) is 2.43. The van der Waals surface area contributed by atoms with Crippen molar-refractivity contribution in [2.45, 2.75) is 25.4 Å². The van der Waals surface area contributed by atoms with Crippen LogP contribution in [0.4, 0.5) is 5.69 Å². The van der Waals surface area contributed by atoms with Crippen molar-refractivity contribution in [2.24, 2.45) is 5.92 Å². The molecule has 2 rings (SSSR count). The van der Waals surface area contributed by atoms with Gasteiger partial charge in [0.2, 0.25) is 5.91 Å². The molecule has 1 saturated carbocycles. The van der Waals surface area contributed by atoms with Crippen LogP contribution in [0.5, 0.6) is 0 Å².